The minimum atomic E-state index is -2.91. The van der Waals surface area contributed by atoms with Crippen LogP contribution in [0.5, 0.6) is 0 Å². The first-order chi connectivity index (χ1) is 15.1. The van der Waals surface area contributed by atoms with E-state index in [1.807, 2.05) is 60.7 Å². The van der Waals surface area contributed by atoms with Gasteiger partial charge in [-0.3, -0.25) is 0 Å². The second-order valence-electron chi connectivity index (χ2n) is 9.08. The van der Waals surface area contributed by atoms with Gasteiger partial charge in [0.05, 0.1) is 0 Å². The Morgan fingerprint density at radius 3 is 2.03 bits per heavy atom. The van der Waals surface area contributed by atoms with E-state index in [1.165, 1.54) is 27.5 Å². The highest BCUT2D eigenvalue weighted by Gasteiger charge is 2.49. The minimum absolute atomic E-state index is 0.411. The van der Waals surface area contributed by atoms with Crippen molar-refractivity contribution in [1.29, 1.82) is 0 Å². The molecule has 1 nitrogen and oxygen atoms in total. The molecule has 0 heterocycles. The quantitative estimate of drug-likeness (QED) is 0.330. The Balaban J connectivity index is 1.60. The van der Waals surface area contributed by atoms with Gasteiger partial charge in [-0.15, -0.1) is 0 Å². The Bertz CT molecular complexity index is 1320. The van der Waals surface area contributed by atoms with E-state index in [0.717, 1.165) is 23.5 Å². The highest BCUT2D eigenvalue weighted by molar-refractivity contribution is 7.80. The summed E-state index contributed by atoms with van der Waals surface area (Å²) >= 11 is 0. The van der Waals surface area contributed by atoms with Gasteiger partial charge in [-0.2, -0.15) is 0 Å². The third-order valence-corrected chi connectivity index (χ3v) is 11.2. The standard InChI is InChI=1S/C29H25OP/c1-29(31(30,22-12-4-2-5-13-22)23-14-6-3-7-15-23)19-18-24-25-16-8-10-21-11-9-17-26(28(21)25)27(24)20-29/h2-17,20,24H,18-19H2,1H3. The summed E-state index contributed by atoms with van der Waals surface area (Å²) in [5.41, 5.74) is 4.14. The van der Waals surface area contributed by atoms with E-state index in [-0.39, 0.29) is 0 Å². The molecule has 0 fully saturated rings. The number of fused-ring (bicyclic) bond motifs is 3. The number of hydrogen-bond donors (Lipinski definition) is 0. The molecule has 6 rings (SSSR count). The maximum absolute atomic E-state index is 15.2. The van der Waals surface area contributed by atoms with Crippen molar-refractivity contribution in [3.8, 4) is 0 Å². The summed E-state index contributed by atoms with van der Waals surface area (Å²) in [5.74, 6) is 0.411. The van der Waals surface area contributed by atoms with Gasteiger partial charge in [0, 0.05) is 21.7 Å². The zero-order valence-electron chi connectivity index (χ0n) is 17.7. The van der Waals surface area contributed by atoms with Crippen LogP contribution >= 0.6 is 7.14 Å². The number of rotatable bonds is 3. The van der Waals surface area contributed by atoms with Gasteiger partial charge in [0.25, 0.3) is 0 Å². The molecule has 31 heavy (non-hydrogen) atoms. The third-order valence-electron chi connectivity index (χ3n) is 7.36. The Labute approximate surface area is 183 Å². The summed E-state index contributed by atoms with van der Waals surface area (Å²) in [6.07, 6.45) is 4.32. The van der Waals surface area contributed by atoms with Crippen LogP contribution < -0.4 is 10.6 Å². The predicted molar refractivity (Wildman–Crippen MR) is 132 cm³/mol. The van der Waals surface area contributed by atoms with Crippen LogP contribution in [-0.2, 0) is 4.57 Å². The van der Waals surface area contributed by atoms with E-state index in [1.54, 1.807) is 0 Å². The SMILES string of the molecule is CC1(P(=O)(c2ccccc2)c2ccccc2)C=C2c3cccc4cccc(c34)C2CC1. The van der Waals surface area contributed by atoms with Gasteiger partial charge >= 0.3 is 0 Å². The van der Waals surface area contributed by atoms with Crippen LogP contribution in [-0.4, -0.2) is 5.16 Å². The first kappa shape index (κ1) is 18.8. The highest BCUT2D eigenvalue weighted by Crippen LogP contribution is 2.64. The van der Waals surface area contributed by atoms with Crippen LogP contribution in [0.25, 0.3) is 16.3 Å². The average molecular weight is 420 g/mol. The molecule has 0 radical (unpaired) electrons. The average Bonchev–Trinajstić information content (AvgIpc) is 3.14. The molecule has 0 aliphatic heterocycles. The molecule has 152 valence electrons. The third kappa shape index (κ3) is 2.60. The molecule has 4 aromatic carbocycles. The zero-order chi connectivity index (χ0) is 21.1. The molecule has 2 aliphatic rings. The molecule has 0 amide bonds. The lowest BCUT2D eigenvalue weighted by Gasteiger charge is -2.41. The maximum Gasteiger partial charge on any atom is 0.152 e. The van der Waals surface area contributed by atoms with E-state index in [0.29, 0.717) is 5.92 Å². The van der Waals surface area contributed by atoms with Crippen LogP contribution in [0.3, 0.4) is 0 Å². The fourth-order valence-electron chi connectivity index (χ4n) is 5.85. The lowest BCUT2D eigenvalue weighted by molar-refractivity contribution is 0.532. The minimum Gasteiger partial charge on any atom is -0.313 e. The largest absolute Gasteiger partial charge is 0.313 e. The molecular formula is C29H25OP. The monoisotopic (exact) mass is 420 g/mol. The smallest absolute Gasteiger partial charge is 0.152 e. The molecule has 0 spiro atoms. The second kappa shape index (κ2) is 6.81. The van der Waals surface area contributed by atoms with E-state index in [4.69, 9.17) is 0 Å². The molecule has 0 saturated carbocycles. The maximum atomic E-state index is 15.2. The fraction of sp³-hybridized carbons (Fsp3) is 0.172. The fourth-order valence-corrected chi connectivity index (χ4v) is 9.28. The van der Waals surface area contributed by atoms with Crippen LogP contribution in [0.1, 0.15) is 36.8 Å². The van der Waals surface area contributed by atoms with Crippen LogP contribution in [0.15, 0.2) is 103 Å². The lowest BCUT2D eigenvalue weighted by Crippen LogP contribution is -2.36. The van der Waals surface area contributed by atoms with Gasteiger partial charge in [-0.1, -0.05) is 103 Å². The molecule has 2 aliphatic carbocycles. The Morgan fingerprint density at radius 1 is 0.774 bits per heavy atom. The van der Waals surface area contributed by atoms with Gasteiger partial charge in [-0.05, 0) is 47.2 Å². The van der Waals surface area contributed by atoms with Crippen molar-refractivity contribution in [2.45, 2.75) is 30.8 Å². The van der Waals surface area contributed by atoms with Gasteiger partial charge < -0.3 is 4.57 Å². The highest BCUT2D eigenvalue weighted by atomic mass is 31.2. The Hall–Kier alpha value is -2.89. The van der Waals surface area contributed by atoms with Crippen LogP contribution in [0.4, 0.5) is 0 Å². The summed E-state index contributed by atoms with van der Waals surface area (Å²) < 4.78 is 15.2. The number of allylic oxidation sites excluding steroid dienone is 2. The van der Waals surface area contributed by atoms with E-state index in [9.17, 15) is 0 Å². The molecule has 0 saturated heterocycles. The second-order valence-corrected chi connectivity index (χ2v) is 12.4. The van der Waals surface area contributed by atoms with Crippen LogP contribution in [0, 0.1) is 0 Å². The van der Waals surface area contributed by atoms with Crippen molar-refractivity contribution in [2.24, 2.45) is 0 Å². The molecule has 4 aromatic rings. The first-order valence-corrected chi connectivity index (χ1v) is 12.8. The van der Waals surface area contributed by atoms with Gasteiger partial charge in [0.15, 0.2) is 7.14 Å². The lowest BCUT2D eigenvalue weighted by atomic mass is 9.81. The van der Waals surface area contributed by atoms with Crippen molar-refractivity contribution >= 4 is 34.1 Å². The van der Waals surface area contributed by atoms with Crippen molar-refractivity contribution in [3.05, 3.63) is 114 Å². The van der Waals surface area contributed by atoms with Crippen molar-refractivity contribution in [1.82, 2.24) is 0 Å². The Kier molecular flexibility index (Phi) is 4.14. The zero-order valence-corrected chi connectivity index (χ0v) is 18.6. The summed E-state index contributed by atoms with van der Waals surface area (Å²) in [7, 11) is -2.91. The molecule has 2 unspecified atom stereocenters. The molecule has 2 heteroatoms. The van der Waals surface area contributed by atoms with E-state index < -0.39 is 12.3 Å². The van der Waals surface area contributed by atoms with Crippen LogP contribution in [0.2, 0.25) is 0 Å². The number of hydrogen-bond acceptors (Lipinski definition) is 1. The molecular weight excluding hydrogens is 395 g/mol. The molecule has 2 atom stereocenters. The Morgan fingerprint density at radius 2 is 1.39 bits per heavy atom. The molecule has 0 bridgehead atoms. The predicted octanol–water partition coefficient (Wildman–Crippen LogP) is 6.89. The summed E-state index contributed by atoms with van der Waals surface area (Å²) in [5, 5.41) is 4.17. The van der Waals surface area contributed by atoms with E-state index >= 15 is 4.57 Å². The van der Waals surface area contributed by atoms with E-state index in [2.05, 4.69) is 49.4 Å². The van der Waals surface area contributed by atoms with Crippen molar-refractivity contribution < 1.29 is 4.57 Å². The number of benzene rings is 4. The van der Waals surface area contributed by atoms with Crippen molar-refractivity contribution in [2.75, 3.05) is 0 Å². The molecule has 0 aromatic heterocycles. The van der Waals surface area contributed by atoms with Gasteiger partial charge in [-0.25, -0.2) is 0 Å². The summed E-state index contributed by atoms with van der Waals surface area (Å²) in [6.45, 7) is 2.22. The van der Waals surface area contributed by atoms with Gasteiger partial charge in [0.2, 0.25) is 0 Å². The normalized spacial score (nSPS) is 22.2. The molecule has 0 N–H and O–H groups in total. The summed E-state index contributed by atoms with van der Waals surface area (Å²) in [6, 6.07) is 33.5. The topological polar surface area (TPSA) is 17.1 Å². The summed E-state index contributed by atoms with van der Waals surface area (Å²) in [4.78, 5) is 0. The van der Waals surface area contributed by atoms with Gasteiger partial charge in [0.1, 0.15) is 0 Å². The van der Waals surface area contributed by atoms with Crippen molar-refractivity contribution in [3.63, 3.8) is 0 Å². The first-order valence-electron chi connectivity index (χ1n) is 11.1.